The maximum absolute atomic E-state index is 12.2. The molecule has 1 aliphatic rings. The molecular formula is C13H20N2O3S2. The van der Waals surface area contributed by atoms with E-state index in [0.29, 0.717) is 5.56 Å². The van der Waals surface area contributed by atoms with E-state index in [1.165, 1.54) is 6.07 Å². The van der Waals surface area contributed by atoms with Crippen molar-refractivity contribution in [2.75, 3.05) is 13.1 Å². The molecule has 7 heteroatoms. The second-order valence-corrected chi connectivity index (χ2v) is 8.83. The zero-order chi connectivity index (χ0) is 15.0. The highest BCUT2D eigenvalue weighted by molar-refractivity contribution is 7.91. The molecule has 1 aromatic heterocycles. The minimum atomic E-state index is -3.56. The smallest absolute Gasteiger partial charge is 0.254 e. The molecule has 1 N–H and O–H groups in total. The van der Waals surface area contributed by atoms with Crippen molar-refractivity contribution < 1.29 is 13.2 Å². The molecule has 1 fully saturated rings. The number of likely N-dealkylation sites (tertiary alicyclic amines) is 1. The lowest BCUT2D eigenvalue weighted by Crippen LogP contribution is -2.40. The molecule has 1 amide bonds. The van der Waals surface area contributed by atoms with E-state index < -0.39 is 15.6 Å². The fourth-order valence-corrected chi connectivity index (χ4v) is 4.70. The summed E-state index contributed by atoms with van der Waals surface area (Å²) in [4.78, 5) is 14.0. The Morgan fingerprint density at radius 2 is 1.90 bits per heavy atom. The summed E-state index contributed by atoms with van der Waals surface area (Å²) in [5.74, 6) is -0.0732. The molecule has 0 aromatic carbocycles. The number of sulfonamides is 1. The lowest BCUT2D eigenvalue weighted by molar-refractivity contribution is 0.0793. The second kappa shape index (κ2) is 5.46. The largest absolute Gasteiger partial charge is 0.339 e. The standard InChI is InChI=1S/C13H20N2O3S2/c1-13(2,3)14-20(17,18)11-8-10(9-19-11)12(16)15-6-4-5-7-15/h8-9,14H,4-7H2,1-3H3. The average molecular weight is 316 g/mol. The molecule has 2 heterocycles. The third-order valence-electron chi connectivity index (χ3n) is 2.92. The number of rotatable bonds is 3. The number of thiophene rings is 1. The molecule has 1 aliphatic heterocycles. The first kappa shape index (κ1) is 15.5. The minimum Gasteiger partial charge on any atom is -0.339 e. The summed E-state index contributed by atoms with van der Waals surface area (Å²) in [6, 6.07) is 1.47. The van der Waals surface area contributed by atoms with Gasteiger partial charge in [-0.15, -0.1) is 11.3 Å². The van der Waals surface area contributed by atoms with Gasteiger partial charge in [-0.05, 0) is 39.7 Å². The van der Waals surface area contributed by atoms with E-state index >= 15 is 0 Å². The lowest BCUT2D eigenvalue weighted by Gasteiger charge is -2.19. The van der Waals surface area contributed by atoms with Gasteiger partial charge in [0, 0.05) is 24.0 Å². The molecule has 0 spiro atoms. The fourth-order valence-electron chi connectivity index (χ4n) is 2.13. The van der Waals surface area contributed by atoms with Crippen molar-refractivity contribution >= 4 is 27.3 Å². The molecule has 0 aliphatic carbocycles. The van der Waals surface area contributed by atoms with Gasteiger partial charge >= 0.3 is 0 Å². The highest BCUT2D eigenvalue weighted by Gasteiger charge is 2.26. The first-order valence-corrected chi connectivity index (χ1v) is 8.97. The van der Waals surface area contributed by atoms with Crippen molar-refractivity contribution in [2.24, 2.45) is 0 Å². The highest BCUT2D eigenvalue weighted by Crippen LogP contribution is 2.23. The van der Waals surface area contributed by atoms with E-state index in [0.717, 1.165) is 37.3 Å². The molecule has 5 nitrogen and oxygen atoms in total. The van der Waals surface area contributed by atoms with Gasteiger partial charge in [-0.2, -0.15) is 0 Å². The number of nitrogens with zero attached hydrogens (tertiary/aromatic N) is 1. The number of carbonyl (C=O) groups excluding carboxylic acids is 1. The molecule has 2 rings (SSSR count). The van der Waals surface area contributed by atoms with Crippen LogP contribution >= 0.6 is 11.3 Å². The molecule has 1 saturated heterocycles. The number of carbonyl (C=O) groups is 1. The minimum absolute atomic E-state index is 0.0732. The van der Waals surface area contributed by atoms with Gasteiger partial charge < -0.3 is 4.90 Å². The predicted octanol–water partition coefficient (Wildman–Crippen LogP) is 2.06. The van der Waals surface area contributed by atoms with Crippen LogP contribution in [-0.2, 0) is 10.0 Å². The van der Waals surface area contributed by atoms with Crippen molar-refractivity contribution in [3.63, 3.8) is 0 Å². The quantitative estimate of drug-likeness (QED) is 0.928. The second-order valence-electron chi connectivity index (χ2n) is 6.01. The van der Waals surface area contributed by atoms with Crippen LogP contribution in [0.3, 0.4) is 0 Å². The van der Waals surface area contributed by atoms with Crippen LogP contribution < -0.4 is 4.72 Å². The molecule has 0 saturated carbocycles. The van der Waals surface area contributed by atoms with Gasteiger partial charge in [0.15, 0.2) is 0 Å². The predicted molar refractivity (Wildman–Crippen MR) is 79.5 cm³/mol. The van der Waals surface area contributed by atoms with Crippen molar-refractivity contribution in [1.82, 2.24) is 9.62 Å². The molecule has 0 atom stereocenters. The van der Waals surface area contributed by atoms with Crippen LogP contribution in [-0.4, -0.2) is 37.9 Å². The van der Waals surface area contributed by atoms with Crippen LogP contribution in [0.2, 0.25) is 0 Å². The average Bonchev–Trinajstić information content (AvgIpc) is 2.97. The zero-order valence-electron chi connectivity index (χ0n) is 12.0. The molecule has 0 unspecified atom stereocenters. The summed E-state index contributed by atoms with van der Waals surface area (Å²) in [7, 11) is -3.56. The topological polar surface area (TPSA) is 66.5 Å². The molecule has 112 valence electrons. The first-order chi connectivity index (χ1) is 9.19. The molecule has 1 aromatic rings. The summed E-state index contributed by atoms with van der Waals surface area (Å²) in [6.45, 7) is 6.88. The monoisotopic (exact) mass is 316 g/mol. The number of hydrogen-bond acceptors (Lipinski definition) is 4. The van der Waals surface area contributed by atoms with E-state index in [4.69, 9.17) is 0 Å². The Kier molecular flexibility index (Phi) is 4.22. The number of amides is 1. The van der Waals surface area contributed by atoms with E-state index in [2.05, 4.69) is 4.72 Å². The van der Waals surface area contributed by atoms with Crippen molar-refractivity contribution in [2.45, 2.75) is 43.4 Å². The zero-order valence-corrected chi connectivity index (χ0v) is 13.6. The molecular weight excluding hydrogens is 296 g/mol. The highest BCUT2D eigenvalue weighted by atomic mass is 32.2. The van der Waals surface area contributed by atoms with Gasteiger partial charge in [0.1, 0.15) is 4.21 Å². The third-order valence-corrected chi connectivity index (χ3v) is 6.12. The maximum Gasteiger partial charge on any atom is 0.254 e. The van der Waals surface area contributed by atoms with Gasteiger partial charge in [0.25, 0.3) is 15.9 Å². The van der Waals surface area contributed by atoms with Gasteiger partial charge in [-0.1, -0.05) is 0 Å². The third kappa shape index (κ3) is 3.59. The SMILES string of the molecule is CC(C)(C)NS(=O)(=O)c1cc(C(=O)N2CCCC2)cs1. The lowest BCUT2D eigenvalue weighted by atomic mass is 10.1. The van der Waals surface area contributed by atoms with Crippen LogP contribution in [0, 0.1) is 0 Å². The summed E-state index contributed by atoms with van der Waals surface area (Å²) in [6.07, 6.45) is 2.04. The molecule has 0 radical (unpaired) electrons. The molecule has 0 bridgehead atoms. The van der Waals surface area contributed by atoms with Gasteiger partial charge in [-0.3, -0.25) is 4.79 Å². The number of nitrogens with one attached hydrogen (secondary N) is 1. The van der Waals surface area contributed by atoms with Gasteiger partial charge in [0.05, 0.1) is 5.56 Å². The maximum atomic E-state index is 12.2. The summed E-state index contributed by atoms with van der Waals surface area (Å²) in [5, 5.41) is 1.62. The van der Waals surface area contributed by atoms with Crippen LogP contribution in [0.15, 0.2) is 15.7 Å². The van der Waals surface area contributed by atoms with E-state index in [1.54, 1.807) is 31.1 Å². The van der Waals surface area contributed by atoms with Crippen molar-refractivity contribution in [1.29, 1.82) is 0 Å². The van der Waals surface area contributed by atoms with E-state index in [1.807, 2.05) is 0 Å². The summed E-state index contributed by atoms with van der Waals surface area (Å²) >= 11 is 1.09. The van der Waals surface area contributed by atoms with Gasteiger partial charge in [0.2, 0.25) is 0 Å². The van der Waals surface area contributed by atoms with Crippen LogP contribution in [0.4, 0.5) is 0 Å². The van der Waals surface area contributed by atoms with Crippen molar-refractivity contribution in [3.8, 4) is 0 Å². The van der Waals surface area contributed by atoms with Gasteiger partial charge in [-0.25, -0.2) is 13.1 Å². The normalized spacial score (nSPS) is 16.6. The molecule has 20 heavy (non-hydrogen) atoms. The van der Waals surface area contributed by atoms with Crippen molar-refractivity contribution in [3.05, 3.63) is 17.0 Å². The fraction of sp³-hybridized carbons (Fsp3) is 0.615. The Hall–Kier alpha value is -0.920. The summed E-state index contributed by atoms with van der Waals surface area (Å²) < 4.78 is 27.1. The van der Waals surface area contributed by atoms with Crippen LogP contribution in [0.25, 0.3) is 0 Å². The Balaban J connectivity index is 2.18. The first-order valence-electron chi connectivity index (χ1n) is 6.61. The van der Waals surface area contributed by atoms with E-state index in [9.17, 15) is 13.2 Å². The Labute approximate surface area is 124 Å². The summed E-state index contributed by atoms with van der Waals surface area (Å²) in [5.41, 5.74) is -0.0757. The van der Waals surface area contributed by atoms with Crippen LogP contribution in [0.5, 0.6) is 0 Å². The van der Waals surface area contributed by atoms with E-state index in [-0.39, 0.29) is 10.1 Å². The Morgan fingerprint density at radius 3 is 2.45 bits per heavy atom. The Bertz CT molecular complexity index is 593. The van der Waals surface area contributed by atoms with Crippen LogP contribution in [0.1, 0.15) is 44.0 Å². The number of hydrogen-bond donors (Lipinski definition) is 1. The Morgan fingerprint density at radius 1 is 1.30 bits per heavy atom.